The minimum Gasteiger partial charge on any atom is -0.497 e. The van der Waals surface area contributed by atoms with Gasteiger partial charge in [0.05, 0.1) is 19.2 Å². The van der Waals surface area contributed by atoms with Crippen LogP contribution in [0.2, 0.25) is 0 Å². The van der Waals surface area contributed by atoms with E-state index in [2.05, 4.69) is 0 Å². The number of alkyl halides is 3. The Hall–Kier alpha value is -2.76. The summed E-state index contributed by atoms with van der Waals surface area (Å²) in [7, 11) is 1.58. The molecule has 2 atom stereocenters. The van der Waals surface area contributed by atoms with Crippen molar-refractivity contribution in [3.05, 3.63) is 70.9 Å². The second kappa shape index (κ2) is 6.44. The van der Waals surface area contributed by atoms with Gasteiger partial charge in [0.15, 0.2) is 0 Å². The van der Waals surface area contributed by atoms with Gasteiger partial charge in [0.2, 0.25) is 5.91 Å². The molecule has 0 aromatic heterocycles. The number of halogens is 3. The van der Waals surface area contributed by atoms with Crippen LogP contribution in [0.1, 0.15) is 23.1 Å². The minimum atomic E-state index is -4.39. The lowest BCUT2D eigenvalue weighted by molar-refractivity contribution is -0.137. The van der Waals surface area contributed by atoms with Crippen molar-refractivity contribution < 1.29 is 22.7 Å². The molecule has 1 saturated carbocycles. The molecule has 0 spiro atoms. The Morgan fingerprint density at radius 2 is 1.93 bits per heavy atom. The third-order valence-corrected chi connectivity index (χ3v) is 5.07. The maximum Gasteiger partial charge on any atom is 0.416 e. The fourth-order valence-corrected chi connectivity index (χ4v) is 3.61. The van der Waals surface area contributed by atoms with Gasteiger partial charge in [-0.25, -0.2) is 0 Å². The normalized spacial score (nSPS) is 22.9. The Balaban J connectivity index is 1.64. The van der Waals surface area contributed by atoms with Crippen LogP contribution < -0.4 is 4.74 Å². The summed E-state index contributed by atoms with van der Waals surface area (Å²) in [5.41, 5.74) is 1.48. The lowest BCUT2D eigenvalue weighted by Gasteiger charge is -2.22. The molecule has 3 nitrogen and oxygen atoms in total. The highest BCUT2D eigenvalue weighted by atomic mass is 19.4. The number of fused-ring (bicyclic) bond motifs is 1. The number of nitrogens with zero attached hydrogens (tertiary/aromatic N) is 1. The highest BCUT2D eigenvalue weighted by Crippen LogP contribution is 2.53. The molecule has 27 heavy (non-hydrogen) atoms. The Morgan fingerprint density at radius 1 is 1.15 bits per heavy atom. The summed E-state index contributed by atoms with van der Waals surface area (Å²) in [6.07, 6.45) is -1.90. The molecule has 2 aliphatic rings. The van der Waals surface area contributed by atoms with E-state index in [4.69, 9.17) is 4.74 Å². The summed E-state index contributed by atoms with van der Waals surface area (Å²) < 4.78 is 44.1. The molecule has 2 aromatic rings. The predicted octanol–water partition coefficient (Wildman–Crippen LogP) is 4.73. The number of ether oxygens (including phenoxy) is 1. The summed E-state index contributed by atoms with van der Waals surface area (Å²) in [4.78, 5) is 14.3. The van der Waals surface area contributed by atoms with Gasteiger partial charge in [-0.3, -0.25) is 4.79 Å². The summed E-state index contributed by atoms with van der Waals surface area (Å²) in [6.45, 7) is 0.383. The number of benzene rings is 2. The fraction of sp³-hybridized carbons (Fsp3) is 0.286. The molecule has 0 N–H and O–H groups in total. The zero-order valence-electron chi connectivity index (χ0n) is 14.7. The van der Waals surface area contributed by atoms with Gasteiger partial charge in [-0.05, 0) is 47.9 Å². The van der Waals surface area contributed by atoms with Crippen molar-refractivity contribution >= 4 is 12.0 Å². The van der Waals surface area contributed by atoms with Gasteiger partial charge in [-0.15, -0.1) is 0 Å². The van der Waals surface area contributed by atoms with E-state index in [9.17, 15) is 18.0 Å². The van der Waals surface area contributed by atoms with Gasteiger partial charge in [0.25, 0.3) is 0 Å². The van der Waals surface area contributed by atoms with Crippen LogP contribution in [0, 0.1) is 11.8 Å². The van der Waals surface area contributed by atoms with Crippen LogP contribution in [0.15, 0.2) is 54.2 Å². The number of hydrogen-bond donors (Lipinski definition) is 0. The Morgan fingerprint density at radius 3 is 2.67 bits per heavy atom. The molecular weight excluding hydrogens is 355 g/mol. The molecule has 1 amide bonds. The van der Waals surface area contributed by atoms with Crippen LogP contribution in [-0.2, 0) is 17.5 Å². The smallest absolute Gasteiger partial charge is 0.416 e. The molecular formula is C21H18F3NO2. The molecule has 2 aromatic carbocycles. The van der Waals surface area contributed by atoms with Crippen molar-refractivity contribution in [3.63, 3.8) is 0 Å². The van der Waals surface area contributed by atoms with E-state index >= 15 is 0 Å². The van der Waals surface area contributed by atoms with Gasteiger partial charge in [0, 0.05) is 17.5 Å². The molecule has 1 heterocycles. The number of methoxy groups -OCH3 is 1. The second-order valence-corrected chi connectivity index (χ2v) is 6.92. The summed E-state index contributed by atoms with van der Waals surface area (Å²) >= 11 is 0. The number of rotatable bonds is 4. The average Bonchev–Trinajstić information content (AvgIpc) is 3.40. The van der Waals surface area contributed by atoms with Gasteiger partial charge in [0.1, 0.15) is 5.75 Å². The zero-order valence-corrected chi connectivity index (χ0v) is 14.7. The van der Waals surface area contributed by atoms with Crippen LogP contribution in [0.25, 0.3) is 6.08 Å². The molecule has 4 rings (SSSR count). The Bertz CT molecular complexity index is 920. The number of allylic oxidation sites excluding steroid dienone is 1. The number of piperidine rings is 1. The molecule has 0 unspecified atom stereocenters. The van der Waals surface area contributed by atoms with Gasteiger partial charge in [-0.2, -0.15) is 13.2 Å². The van der Waals surface area contributed by atoms with Crippen LogP contribution in [0.4, 0.5) is 13.2 Å². The van der Waals surface area contributed by atoms with E-state index in [0.717, 1.165) is 29.8 Å². The van der Waals surface area contributed by atoms with E-state index in [1.807, 2.05) is 24.3 Å². The highest BCUT2D eigenvalue weighted by molar-refractivity contribution is 5.89. The first kappa shape index (κ1) is 17.6. The van der Waals surface area contributed by atoms with E-state index in [1.165, 1.54) is 6.07 Å². The quantitative estimate of drug-likeness (QED) is 0.775. The molecule has 1 aliphatic heterocycles. The minimum absolute atomic E-state index is 0.0346. The van der Waals surface area contributed by atoms with Gasteiger partial charge in [-0.1, -0.05) is 24.3 Å². The van der Waals surface area contributed by atoms with Crippen LogP contribution in [0.5, 0.6) is 5.75 Å². The molecule has 0 bridgehead atoms. The van der Waals surface area contributed by atoms with Crippen LogP contribution >= 0.6 is 0 Å². The summed E-state index contributed by atoms with van der Waals surface area (Å²) in [5.74, 6) is 0.819. The third kappa shape index (κ3) is 3.44. The van der Waals surface area contributed by atoms with Crippen molar-refractivity contribution in [1.29, 1.82) is 0 Å². The number of carbonyl (C=O) groups excluding carboxylic acids is 1. The SMILES string of the molecule is COc1cccc(CN2C(=O)[C@@H]3C[C@@H]3/C2=C\c2cccc(C(F)(F)F)c2)c1. The largest absolute Gasteiger partial charge is 0.497 e. The lowest BCUT2D eigenvalue weighted by atomic mass is 10.1. The Labute approximate surface area is 155 Å². The first-order valence-electron chi connectivity index (χ1n) is 8.70. The highest BCUT2D eigenvalue weighted by Gasteiger charge is 2.55. The second-order valence-electron chi connectivity index (χ2n) is 6.92. The van der Waals surface area contributed by atoms with Gasteiger partial charge < -0.3 is 9.64 Å². The molecule has 140 valence electrons. The van der Waals surface area contributed by atoms with Crippen molar-refractivity contribution in [2.45, 2.75) is 19.1 Å². The van der Waals surface area contributed by atoms with Crippen molar-refractivity contribution in [2.75, 3.05) is 7.11 Å². The van der Waals surface area contributed by atoms with E-state index in [0.29, 0.717) is 17.9 Å². The third-order valence-electron chi connectivity index (χ3n) is 5.07. The van der Waals surface area contributed by atoms with E-state index in [-0.39, 0.29) is 17.7 Å². The van der Waals surface area contributed by atoms with Crippen LogP contribution in [0.3, 0.4) is 0 Å². The molecule has 2 fully saturated rings. The predicted molar refractivity (Wildman–Crippen MR) is 94.6 cm³/mol. The fourth-order valence-electron chi connectivity index (χ4n) is 3.61. The van der Waals surface area contributed by atoms with E-state index < -0.39 is 11.7 Å². The topological polar surface area (TPSA) is 29.5 Å². The van der Waals surface area contributed by atoms with E-state index in [1.54, 1.807) is 24.2 Å². The van der Waals surface area contributed by atoms with Gasteiger partial charge >= 0.3 is 6.18 Å². The van der Waals surface area contributed by atoms with Crippen molar-refractivity contribution in [3.8, 4) is 5.75 Å². The monoisotopic (exact) mass is 373 g/mol. The van der Waals surface area contributed by atoms with Crippen molar-refractivity contribution in [2.24, 2.45) is 11.8 Å². The van der Waals surface area contributed by atoms with Crippen molar-refractivity contribution in [1.82, 2.24) is 4.90 Å². The summed E-state index contributed by atoms with van der Waals surface area (Å²) in [6, 6.07) is 12.6. The number of amides is 1. The number of hydrogen-bond acceptors (Lipinski definition) is 2. The summed E-state index contributed by atoms with van der Waals surface area (Å²) in [5, 5.41) is 0. The first-order valence-corrected chi connectivity index (χ1v) is 8.70. The maximum atomic E-state index is 13.0. The van der Waals surface area contributed by atoms with Crippen LogP contribution in [-0.4, -0.2) is 17.9 Å². The molecule has 6 heteroatoms. The Kier molecular flexibility index (Phi) is 4.21. The molecule has 0 radical (unpaired) electrons. The zero-order chi connectivity index (χ0) is 19.2. The number of carbonyl (C=O) groups is 1. The maximum absolute atomic E-state index is 13.0. The molecule has 1 saturated heterocycles. The number of likely N-dealkylation sites (tertiary alicyclic amines) is 1. The molecule has 1 aliphatic carbocycles. The average molecular weight is 373 g/mol. The lowest BCUT2D eigenvalue weighted by Crippen LogP contribution is -2.26. The first-order chi connectivity index (χ1) is 12.9. The standard InChI is InChI=1S/C21H18F3NO2/c1-27-16-7-3-5-14(9-16)12-25-19(17-11-18(17)20(25)26)10-13-4-2-6-15(8-13)21(22,23)24/h2-10,17-18H,11-12H2,1H3/b19-10+/t17-,18+/m0/s1.